The number of halogens is 2. The van der Waals surface area contributed by atoms with Gasteiger partial charge in [0.05, 0.1) is 11.6 Å². The number of carbonyl (C=O) groups is 1. The van der Waals surface area contributed by atoms with Crippen LogP contribution in [0, 0.1) is 17.6 Å². The molecule has 1 aromatic carbocycles. The normalized spacial score (nSPS) is 17.6. The van der Waals surface area contributed by atoms with E-state index in [1.165, 1.54) is 0 Å². The van der Waals surface area contributed by atoms with Gasteiger partial charge in [-0.25, -0.2) is 8.78 Å². The number of aliphatic carboxylic acids is 1. The van der Waals surface area contributed by atoms with Crippen molar-refractivity contribution in [3.8, 4) is 0 Å². The molecule has 1 aliphatic carbocycles. The minimum Gasteiger partial charge on any atom is -0.481 e. The lowest BCUT2D eigenvalue weighted by Gasteiger charge is -2.19. The first-order chi connectivity index (χ1) is 8.99. The van der Waals surface area contributed by atoms with Gasteiger partial charge in [-0.3, -0.25) is 4.79 Å². The molecule has 2 rings (SSSR count). The van der Waals surface area contributed by atoms with E-state index >= 15 is 0 Å². The highest BCUT2D eigenvalue weighted by molar-refractivity contribution is 5.78. The van der Waals surface area contributed by atoms with Crippen LogP contribution in [-0.2, 0) is 4.79 Å². The lowest BCUT2D eigenvalue weighted by molar-refractivity contribution is -0.139. The van der Waals surface area contributed by atoms with E-state index in [1.807, 2.05) is 0 Å². The van der Waals surface area contributed by atoms with Crippen LogP contribution in [0.1, 0.15) is 43.6 Å². The summed E-state index contributed by atoms with van der Waals surface area (Å²) >= 11 is 0. The Hall–Kier alpha value is -1.65. The van der Waals surface area contributed by atoms with Gasteiger partial charge in [-0.2, -0.15) is 0 Å². The predicted molar refractivity (Wildman–Crippen MR) is 67.7 cm³/mol. The van der Waals surface area contributed by atoms with Crippen molar-refractivity contribution in [2.75, 3.05) is 5.73 Å². The summed E-state index contributed by atoms with van der Waals surface area (Å²) < 4.78 is 26.7. The molecule has 1 aromatic rings. The zero-order valence-electron chi connectivity index (χ0n) is 10.5. The molecule has 0 bridgehead atoms. The minimum atomic E-state index is -1.08. The molecule has 104 valence electrons. The van der Waals surface area contributed by atoms with Gasteiger partial charge >= 0.3 is 5.97 Å². The Morgan fingerprint density at radius 1 is 1.37 bits per heavy atom. The first kappa shape index (κ1) is 13.8. The van der Waals surface area contributed by atoms with Gasteiger partial charge in [0.2, 0.25) is 0 Å². The summed E-state index contributed by atoms with van der Waals surface area (Å²) in [7, 11) is 0. The van der Waals surface area contributed by atoms with Crippen LogP contribution in [0.5, 0.6) is 0 Å². The number of rotatable bonds is 4. The number of hydrogen-bond acceptors (Lipinski definition) is 2. The third kappa shape index (κ3) is 3.03. The van der Waals surface area contributed by atoms with E-state index in [-0.39, 0.29) is 11.3 Å². The van der Waals surface area contributed by atoms with Gasteiger partial charge in [0.15, 0.2) is 0 Å². The summed E-state index contributed by atoms with van der Waals surface area (Å²) in [6, 6.07) is 1.71. The molecular weight excluding hydrogens is 252 g/mol. The van der Waals surface area contributed by atoms with Crippen molar-refractivity contribution >= 4 is 11.7 Å². The first-order valence-electron chi connectivity index (χ1n) is 6.46. The van der Waals surface area contributed by atoms with Gasteiger partial charge in [-0.05, 0) is 24.0 Å². The van der Waals surface area contributed by atoms with Crippen molar-refractivity contribution in [1.82, 2.24) is 0 Å². The molecular formula is C14H17F2NO2. The molecule has 1 fully saturated rings. The van der Waals surface area contributed by atoms with Crippen LogP contribution in [0.15, 0.2) is 12.1 Å². The van der Waals surface area contributed by atoms with E-state index in [9.17, 15) is 18.7 Å². The molecule has 0 spiro atoms. The minimum absolute atomic E-state index is 0.0527. The molecule has 1 aliphatic rings. The zero-order chi connectivity index (χ0) is 14.0. The molecule has 1 unspecified atom stereocenters. The third-order valence-corrected chi connectivity index (χ3v) is 3.84. The topological polar surface area (TPSA) is 63.3 Å². The number of carboxylic acids is 1. The quantitative estimate of drug-likeness (QED) is 0.824. The van der Waals surface area contributed by atoms with Crippen LogP contribution in [0.3, 0.4) is 0 Å². The highest BCUT2D eigenvalue weighted by Gasteiger charge is 2.29. The molecule has 1 atom stereocenters. The molecule has 0 heterocycles. The fourth-order valence-corrected chi connectivity index (χ4v) is 2.83. The summed E-state index contributed by atoms with van der Waals surface area (Å²) in [4.78, 5) is 11.4. The largest absolute Gasteiger partial charge is 0.481 e. The number of nitrogen functional groups attached to an aromatic ring is 1. The van der Waals surface area contributed by atoms with Crippen LogP contribution in [0.25, 0.3) is 0 Å². The van der Waals surface area contributed by atoms with Crippen LogP contribution < -0.4 is 5.73 Å². The van der Waals surface area contributed by atoms with Crippen LogP contribution in [-0.4, -0.2) is 11.1 Å². The standard InChI is InChI=1S/C14H17F2NO2/c15-9-6-10(13(17)12(16)7-9)11(14(18)19)5-8-3-1-2-4-8/h6-8,11H,1-5,17H2,(H,18,19). The second-order valence-corrected chi connectivity index (χ2v) is 5.17. The number of nitrogens with two attached hydrogens (primary N) is 1. The Labute approximate surface area is 110 Å². The summed E-state index contributed by atoms with van der Waals surface area (Å²) in [5.74, 6) is -3.41. The number of hydrogen-bond donors (Lipinski definition) is 2. The molecule has 5 heteroatoms. The van der Waals surface area contributed by atoms with E-state index in [0.717, 1.165) is 31.7 Å². The first-order valence-corrected chi connectivity index (χ1v) is 6.46. The van der Waals surface area contributed by atoms with Gasteiger partial charge < -0.3 is 10.8 Å². The van der Waals surface area contributed by atoms with Crippen molar-refractivity contribution in [3.63, 3.8) is 0 Å². The van der Waals surface area contributed by atoms with Crippen molar-refractivity contribution in [2.24, 2.45) is 5.92 Å². The van der Waals surface area contributed by atoms with Crippen LogP contribution in [0.4, 0.5) is 14.5 Å². The van der Waals surface area contributed by atoms with Gasteiger partial charge in [0.1, 0.15) is 11.6 Å². The lowest BCUT2D eigenvalue weighted by Crippen LogP contribution is -2.17. The van der Waals surface area contributed by atoms with E-state index in [0.29, 0.717) is 18.4 Å². The second kappa shape index (κ2) is 5.55. The van der Waals surface area contributed by atoms with Gasteiger partial charge in [0, 0.05) is 6.07 Å². The summed E-state index contributed by atoms with van der Waals surface area (Å²) in [6.45, 7) is 0. The summed E-state index contributed by atoms with van der Waals surface area (Å²) in [5.41, 5.74) is 5.35. The summed E-state index contributed by atoms with van der Waals surface area (Å²) in [6.07, 6.45) is 4.51. The Balaban J connectivity index is 2.30. The Bertz CT molecular complexity index is 485. The smallest absolute Gasteiger partial charge is 0.311 e. The Kier molecular flexibility index (Phi) is 4.02. The summed E-state index contributed by atoms with van der Waals surface area (Å²) in [5, 5.41) is 9.29. The molecule has 3 N–H and O–H groups in total. The SMILES string of the molecule is Nc1c(F)cc(F)cc1C(CC1CCCC1)C(=O)O. The fourth-order valence-electron chi connectivity index (χ4n) is 2.83. The number of benzene rings is 1. The maximum absolute atomic E-state index is 13.4. The highest BCUT2D eigenvalue weighted by atomic mass is 19.1. The van der Waals surface area contributed by atoms with Crippen LogP contribution in [0.2, 0.25) is 0 Å². The average Bonchev–Trinajstić information content (AvgIpc) is 2.83. The molecule has 0 amide bonds. The Morgan fingerprint density at radius 2 is 2.00 bits per heavy atom. The number of anilines is 1. The third-order valence-electron chi connectivity index (χ3n) is 3.84. The molecule has 0 aromatic heterocycles. The monoisotopic (exact) mass is 269 g/mol. The predicted octanol–water partition coefficient (Wildman–Crippen LogP) is 3.30. The van der Waals surface area contributed by atoms with E-state index in [1.54, 1.807) is 0 Å². The van der Waals surface area contributed by atoms with Crippen LogP contribution >= 0.6 is 0 Å². The zero-order valence-corrected chi connectivity index (χ0v) is 10.5. The van der Waals surface area contributed by atoms with Gasteiger partial charge in [-0.15, -0.1) is 0 Å². The molecule has 3 nitrogen and oxygen atoms in total. The maximum atomic E-state index is 13.4. The molecule has 0 saturated heterocycles. The van der Waals surface area contributed by atoms with Crippen molar-refractivity contribution in [1.29, 1.82) is 0 Å². The van der Waals surface area contributed by atoms with Crippen molar-refractivity contribution in [3.05, 3.63) is 29.3 Å². The van der Waals surface area contributed by atoms with Crippen molar-refractivity contribution < 1.29 is 18.7 Å². The number of carboxylic acid groups (broad SMARTS) is 1. The molecule has 0 aliphatic heterocycles. The average molecular weight is 269 g/mol. The van der Waals surface area contributed by atoms with E-state index in [4.69, 9.17) is 5.73 Å². The highest BCUT2D eigenvalue weighted by Crippen LogP contribution is 2.36. The second-order valence-electron chi connectivity index (χ2n) is 5.17. The molecule has 0 radical (unpaired) electrons. The van der Waals surface area contributed by atoms with E-state index < -0.39 is 23.5 Å². The maximum Gasteiger partial charge on any atom is 0.311 e. The lowest BCUT2D eigenvalue weighted by atomic mass is 9.87. The fraction of sp³-hybridized carbons (Fsp3) is 0.500. The molecule has 1 saturated carbocycles. The van der Waals surface area contributed by atoms with Gasteiger partial charge in [-0.1, -0.05) is 25.7 Å². The Morgan fingerprint density at radius 3 is 2.58 bits per heavy atom. The van der Waals surface area contributed by atoms with E-state index in [2.05, 4.69) is 0 Å². The van der Waals surface area contributed by atoms with Crippen molar-refractivity contribution in [2.45, 2.75) is 38.0 Å². The molecule has 19 heavy (non-hydrogen) atoms. The van der Waals surface area contributed by atoms with Gasteiger partial charge in [0.25, 0.3) is 0 Å².